The first-order chi connectivity index (χ1) is 10.5. The number of hydrogen-bond acceptors (Lipinski definition) is 2. The van der Waals surface area contributed by atoms with Crippen molar-refractivity contribution < 1.29 is 14.7 Å². The SMILES string of the molecule is CC(C)=C1[C@H]2CC[C@@H]1[C@@H](C(=O)O)[C@@H]2C(=O)Nc1ccccc1. The van der Waals surface area contributed by atoms with E-state index >= 15 is 0 Å². The molecule has 0 radical (unpaired) electrons. The average Bonchev–Trinajstić information content (AvgIpc) is 3.03. The summed E-state index contributed by atoms with van der Waals surface area (Å²) < 4.78 is 0. The van der Waals surface area contributed by atoms with Gasteiger partial charge in [0.25, 0.3) is 0 Å². The fourth-order valence-corrected chi connectivity index (χ4v) is 4.35. The topological polar surface area (TPSA) is 66.4 Å². The van der Waals surface area contributed by atoms with Crippen LogP contribution in [0.2, 0.25) is 0 Å². The van der Waals surface area contributed by atoms with E-state index in [0.717, 1.165) is 18.5 Å². The number of carbonyl (C=O) groups is 2. The van der Waals surface area contributed by atoms with Gasteiger partial charge in [-0.2, -0.15) is 0 Å². The molecule has 3 rings (SSSR count). The normalized spacial score (nSPS) is 29.5. The van der Waals surface area contributed by atoms with Crippen LogP contribution < -0.4 is 5.32 Å². The van der Waals surface area contributed by atoms with E-state index < -0.39 is 17.8 Å². The first kappa shape index (κ1) is 14.8. The Morgan fingerprint density at radius 2 is 1.64 bits per heavy atom. The molecule has 116 valence electrons. The third-order valence-corrected chi connectivity index (χ3v) is 5.05. The maximum absolute atomic E-state index is 12.7. The molecule has 2 fully saturated rings. The van der Waals surface area contributed by atoms with Crippen LogP contribution in [0.4, 0.5) is 5.69 Å². The Kier molecular flexibility index (Phi) is 3.77. The van der Waals surface area contributed by atoms with Crippen LogP contribution in [0.25, 0.3) is 0 Å². The Balaban J connectivity index is 1.90. The molecule has 2 N–H and O–H groups in total. The van der Waals surface area contributed by atoms with Crippen molar-refractivity contribution in [1.82, 2.24) is 0 Å². The van der Waals surface area contributed by atoms with Crippen molar-refractivity contribution >= 4 is 17.6 Å². The number of para-hydroxylation sites is 1. The van der Waals surface area contributed by atoms with Gasteiger partial charge in [0, 0.05) is 5.69 Å². The van der Waals surface area contributed by atoms with Gasteiger partial charge in [0.05, 0.1) is 11.8 Å². The summed E-state index contributed by atoms with van der Waals surface area (Å²) in [4.78, 5) is 24.4. The number of anilines is 1. The minimum absolute atomic E-state index is 0.0269. The molecule has 0 saturated heterocycles. The molecule has 1 aromatic rings. The number of fused-ring (bicyclic) bond motifs is 2. The van der Waals surface area contributed by atoms with Gasteiger partial charge < -0.3 is 10.4 Å². The Hall–Kier alpha value is -2.10. The molecule has 1 aromatic carbocycles. The predicted octanol–water partition coefficient (Wildman–Crippen LogP) is 3.32. The Labute approximate surface area is 130 Å². The molecule has 1 amide bonds. The van der Waals surface area contributed by atoms with Crippen LogP contribution in [0.3, 0.4) is 0 Å². The smallest absolute Gasteiger partial charge is 0.307 e. The second kappa shape index (κ2) is 5.59. The van der Waals surface area contributed by atoms with Gasteiger partial charge in [-0.15, -0.1) is 0 Å². The number of amides is 1. The summed E-state index contributed by atoms with van der Waals surface area (Å²) in [7, 11) is 0. The number of hydrogen-bond donors (Lipinski definition) is 2. The highest BCUT2D eigenvalue weighted by Gasteiger charge is 2.57. The molecule has 2 saturated carbocycles. The zero-order valence-electron chi connectivity index (χ0n) is 12.9. The average molecular weight is 299 g/mol. The van der Waals surface area contributed by atoms with Crippen LogP contribution in [-0.4, -0.2) is 17.0 Å². The van der Waals surface area contributed by atoms with Crippen molar-refractivity contribution in [2.75, 3.05) is 5.32 Å². The predicted molar refractivity (Wildman–Crippen MR) is 84.3 cm³/mol. The number of carbonyl (C=O) groups excluding carboxylic acids is 1. The molecule has 4 heteroatoms. The van der Waals surface area contributed by atoms with Crippen molar-refractivity contribution in [3.63, 3.8) is 0 Å². The highest BCUT2D eigenvalue weighted by Crippen LogP contribution is 2.57. The largest absolute Gasteiger partial charge is 0.481 e. The molecule has 0 aliphatic heterocycles. The van der Waals surface area contributed by atoms with Gasteiger partial charge in [-0.1, -0.05) is 29.3 Å². The van der Waals surface area contributed by atoms with Crippen molar-refractivity contribution in [1.29, 1.82) is 0 Å². The number of benzene rings is 1. The van der Waals surface area contributed by atoms with E-state index in [4.69, 9.17) is 0 Å². The van der Waals surface area contributed by atoms with E-state index in [1.54, 1.807) is 0 Å². The molecule has 0 unspecified atom stereocenters. The van der Waals surface area contributed by atoms with Crippen LogP contribution >= 0.6 is 0 Å². The summed E-state index contributed by atoms with van der Waals surface area (Å²) in [6, 6.07) is 9.24. The number of rotatable bonds is 3. The summed E-state index contributed by atoms with van der Waals surface area (Å²) in [5.41, 5.74) is 3.10. The Morgan fingerprint density at radius 1 is 1.05 bits per heavy atom. The lowest BCUT2D eigenvalue weighted by Gasteiger charge is -2.26. The minimum Gasteiger partial charge on any atom is -0.481 e. The first-order valence-corrected chi connectivity index (χ1v) is 7.76. The molecule has 0 aromatic heterocycles. The highest BCUT2D eigenvalue weighted by atomic mass is 16.4. The number of nitrogens with one attached hydrogen (secondary N) is 1. The molecule has 4 nitrogen and oxygen atoms in total. The van der Waals surface area contributed by atoms with E-state index in [-0.39, 0.29) is 17.7 Å². The van der Waals surface area contributed by atoms with Gasteiger partial charge in [0.2, 0.25) is 5.91 Å². The van der Waals surface area contributed by atoms with Gasteiger partial charge in [0.15, 0.2) is 0 Å². The molecule has 4 atom stereocenters. The lowest BCUT2D eigenvalue weighted by molar-refractivity contribution is -0.148. The lowest BCUT2D eigenvalue weighted by atomic mass is 9.78. The molecule has 0 heterocycles. The van der Waals surface area contributed by atoms with E-state index in [9.17, 15) is 14.7 Å². The number of allylic oxidation sites excluding steroid dienone is 2. The maximum atomic E-state index is 12.7. The highest BCUT2D eigenvalue weighted by molar-refractivity contribution is 5.96. The number of carboxylic acids is 1. The van der Waals surface area contributed by atoms with Gasteiger partial charge in [-0.25, -0.2) is 0 Å². The minimum atomic E-state index is -0.848. The molecule has 2 aliphatic carbocycles. The standard InChI is InChI=1S/C18H21NO3/c1-10(2)14-12-8-9-13(14)16(18(21)22)15(12)17(20)19-11-6-4-3-5-7-11/h3-7,12-13,15-16H,8-9H2,1-2H3,(H,19,20)(H,21,22)/t12-,13+,15-,16-/m1/s1. The second-order valence-electron chi connectivity index (χ2n) is 6.49. The van der Waals surface area contributed by atoms with E-state index in [1.165, 1.54) is 11.1 Å². The Bertz CT molecular complexity index is 631. The molecule has 22 heavy (non-hydrogen) atoms. The number of carboxylic acid groups (broad SMARTS) is 1. The zero-order chi connectivity index (χ0) is 15.9. The lowest BCUT2D eigenvalue weighted by Crippen LogP contribution is -2.37. The van der Waals surface area contributed by atoms with Gasteiger partial charge in [0.1, 0.15) is 0 Å². The molecular formula is C18H21NO3. The Morgan fingerprint density at radius 3 is 2.18 bits per heavy atom. The van der Waals surface area contributed by atoms with Crippen LogP contribution in [-0.2, 0) is 9.59 Å². The monoisotopic (exact) mass is 299 g/mol. The van der Waals surface area contributed by atoms with Gasteiger partial charge >= 0.3 is 5.97 Å². The summed E-state index contributed by atoms with van der Waals surface area (Å²) >= 11 is 0. The molecule has 0 spiro atoms. The van der Waals surface area contributed by atoms with Crippen molar-refractivity contribution in [3.8, 4) is 0 Å². The quantitative estimate of drug-likeness (QED) is 0.841. The van der Waals surface area contributed by atoms with Crippen LogP contribution in [0.5, 0.6) is 0 Å². The van der Waals surface area contributed by atoms with E-state index in [2.05, 4.69) is 5.32 Å². The fourth-order valence-electron chi connectivity index (χ4n) is 4.35. The third-order valence-electron chi connectivity index (χ3n) is 5.05. The summed E-state index contributed by atoms with van der Waals surface area (Å²) in [5.74, 6) is -1.95. The molecular weight excluding hydrogens is 278 g/mol. The fraction of sp³-hybridized carbons (Fsp3) is 0.444. The van der Waals surface area contributed by atoms with Gasteiger partial charge in [-0.05, 0) is 50.7 Å². The van der Waals surface area contributed by atoms with Gasteiger partial charge in [-0.3, -0.25) is 9.59 Å². The maximum Gasteiger partial charge on any atom is 0.307 e. The van der Waals surface area contributed by atoms with Crippen molar-refractivity contribution in [3.05, 3.63) is 41.5 Å². The molecule has 2 bridgehead atoms. The van der Waals surface area contributed by atoms with Crippen LogP contribution in [0.15, 0.2) is 41.5 Å². The second-order valence-corrected chi connectivity index (χ2v) is 6.49. The van der Waals surface area contributed by atoms with Crippen molar-refractivity contribution in [2.24, 2.45) is 23.7 Å². The zero-order valence-corrected chi connectivity index (χ0v) is 12.9. The van der Waals surface area contributed by atoms with Crippen LogP contribution in [0.1, 0.15) is 26.7 Å². The summed E-state index contributed by atoms with van der Waals surface area (Å²) in [5, 5.41) is 12.5. The number of aliphatic carboxylic acids is 1. The van der Waals surface area contributed by atoms with E-state index in [0.29, 0.717) is 0 Å². The third kappa shape index (κ3) is 2.32. The molecule has 2 aliphatic rings. The van der Waals surface area contributed by atoms with E-state index in [1.807, 2.05) is 44.2 Å². The first-order valence-electron chi connectivity index (χ1n) is 7.76. The summed E-state index contributed by atoms with van der Waals surface area (Å²) in [6.07, 6.45) is 1.80. The van der Waals surface area contributed by atoms with Crippen molar-refractivity contribution in [2.45, 2.75) is 26.7 Å². The van der Waals surface area contributed by atoms with Crippen LogP contribution in [0, 0.1) is 23.7 Å². The summed E-state index contributed by atoms with van der Waals surface area (Å²) in [6.45, 7) is 4.05.